The molecular weight excluding hydrogens is 200 g/mol. The minimum Gasteiger partial charge on any atom is -0.323 e. The maximum absolute atomic E-state index is 12.1. The molecule has 1 amide bonds. The Kier molecular flexibility index (Phi) is 3.53. The van der Waals surface area contributed by atoms with Crippen molar-refractivity contribution < 1.29 is 4.79 Å². The Bertz CT molecular complexity index is 267. The van der Waals surface area contributed by atoms with Gasteiger partial charge in [0.2, 0.25) is 5.91 Å². The minimum atomic E-state index is 0.0272. The summed E-state index contributed by atoms with van der Waals surface area (Å²) in [6.07, 6.45) is 6.28. The van der Waals surface area contributed by atoms with Crippen LogP contribution < -0.4 is 5.32 Å². The van der Waals surface area contributed by atoms with E-state index >= 15 is 0 Å². The summed E-state index contributed by atoms with van der Waals surface area (Å²) < 4.78 is 0. The number of carbonyl (C=O) groups is 1. The van der Waals surface area contributed by atoms with Crippen molar-refractivity contribution in [2.45, 2.75) is 71.1 Å². The van der Waals surface area contributed by atoms with Gasteiger partial charge in [-0.2, -0.15) is 0 Å². The molecule has 3 nitrogen and oxygen atoms in total. The van der Waals surface area contributed by atoms with Crippen LogP contribution in [0.5, 0.6) is 0 Å². The topological polar surface area (TPSA) is 32.3 Å². The molecule has 0 spiro atoms. The van der Waals surface area contributed by atoms with Crippen LogP contribution in [0.4, 0.5) is 0 Å². The molecule has 1 saturated carbocycles. The Morgan fingerprint density at radius 2 is 2.00 bits per heavy atom. The van der Waals surface area contributed by atoms with Crippen molar-refractivity contribution >= 4 is 5.91 Å². The van der Waals surface area contributed by atoms with Gasteiger partial charge in [-0.1, -0.05) is 26.7 Å². The average molecular weight is 224 g/mol. The minimum absolute atomic E-state index is 0.0272. The maximum Gasteiger partial charge on any atom is 0.240 e. The summed E-state index contributed by atoms with van der Waals surface area (Å²) in [6.45, 7) is 6.40. The zero-order valence-corrected chi connectivity index (χ0v) is 10.7. The summed E-state index contributed by atoms with van der Waals surface area (Å²) in [5.41, 5.74) is 0. The van der Waals surface area contributed by atoms with Gasteiger partial charge in [0.25, 0.3) is 0 Å². The highest BCUT2D eigenvalue weighted by Gasteiger charge is 2.49. The fourth-order valence-corrected chi connectivity index (χ4v) is 2.96. The number of nitrogens with zero attached hydrogens (tertiary/aromatic N) is 1. The predicted molar refractivity (Wildman–Crippen MR) is 64.9 cm³/mol. The molecule has 2 fully saturated rings. The zero-order chi connectivity index (χ0) is 11.7. The molecule has 1 N–H and O–H groups in total. The molecule has 3 heteroatoms. The Labute approximate surface area is 98.6 Å². The number of rotatable bonds is 5. The lowest BCUT2D eigenvalue weighted by molar-refractivity contribution is -0.130. The van der Waals surface area contributed by atoms with Crippen LogP contribution >= 0.6 is 0 Å². The van der Waals surface area contributed by atoms with E-state index in [1.54, 1.807) is 0 Å². The first-order valence-corrected chi connectivity index (χ1v) is 6.77. The normalized spacial score (nSPS) is 38.2. The second kappa shape index (κ2) is 4.74. The highest BCUT2D eigenvalue weighted by molar-refractivity contribution is 5.84. The third kappa shape index (κ3) is 2.10. The Morgan fingerprint density at radius 1 is 1.31 bits per heavy atom. The molecular formula is C13H24N2O. The van der Waals surface area contributed by atoms with Crippen molar-refractivity contribution in [3.05, 3.63) is 0 Å². The molecule has 0 bridgehead atoms. The Hall–Kier alpha value is -0.570. The van der Waals surface area contributed by atoms with Crippen molar-refractivity contribution in [1.82, 2.24) is 10.2 Å². The van der Waals surface area contributed by atoms with Crippen LogP contribution in [0.15, 0.2) is 0 Å². The molecule has 16 heavy (non-hydrogen) atoms. The van der Waals surface area contributed by atoms with E-state index in [2.05, 4.69) is 24.1 Å². The summed E-state index contributed by atoms with van der Waals surface area (Å²) in [7, 11) is 0. The monoisotopic (exact) mass is 224 g/mol. The molecule has 2 rings (SSSR count). The molecule has 0 aromatic carbocycles. The van der Waals surface area contributed by atoms with Crippen LogP contribution in [-0.2, 0) is 4.79 Å². The summed E-state index contributed by atoms with van der Waals surface area (Å²) in [5.74, 6) is 1.10. The number of hydrogen-bond acceptors (Lipinski definition) is 2. The van der Waals surface area contributed by atoms with Gasteiger partial charge in [0.15, 0.2) is 0 Å². The molecule has 1 heterocycles. The lowest BCUT2D eigenvalue weighted by atomic mass is 10.2. The molecule has 4 atom stereocenters. The van der Waals surface area contributed by atoms with Gasteiger partial charge in [-0.05, 0) is 32.1 Å². The average Bonchev–Trinajstić information content (AvgIpc) is 2.92. The van der Waals surface area contributed by atoms with Gasteiger partial charge in [-0.25, -0.2) is 0 Å². The Balaban J connectivity index is 1.98. The molecule has 4 unspecified atom stereocenters. The zero-order valence-electron chi connectivity index (χ0n) is 10.7. The quantitative estimate of drug-likeness (QED) is 0.776. The van der Waals surface area contributed by atoms with Crippen LogP contribution in [-0.4, -0.2) is 29.1 Å². The maximum atomic E-state index is 12.1. The van der Waals surface area contributed by atoms with Gasteiger partial charge in [-0.15, -0.1) is 0 Å². The molecule has 1 saturated heterocycles. The van der Waals surface area contributed by atoms with Gasteiger partial charge in [0.05, 0.1) is 12.2 Å². The van der Waals surface area contributed by atoms with E-state index in [-0.39, 0.29) is 6.04 Å². The van der Waals surface area contributed by atoms with Gasteiger partial charge >= 0.3 is 0 Å². The Morgan fingerprint density at radius 3 is 2.62 bits per heavy atom. The molecule has 0 radical (unpaired) electrons. The largest absolute Gasteiger partial charge is 0.323 e. The summed E-state index contributed by atoms with van der Waals surface area (Å²) >= 11 is 0. The van der Waals surface area contributed by atoms with E-state index in [1.807, 2.05) is 6.92 Å². The molecule has 2 aliphatic rings. The van der Waals surface area contributed by atoms with Crippen LogP contribution in [0, 0.1) is 5.92 Å². The van der Waals surface area contributed by atoms with E-state index in [1.165, 1.54) is 19.3 Å². The third-order valence-corrected chi connectivity index (χ3v) is 3.87. The van der Waals surface area contributed by atoms with E-state index < -0.39 is 0 Å². The fourth-order valence-electron chi connectivity index (χ4n) is 2.96. The lowest BCUT2D eigenvalue weighted by Crippen LogP contribution is -2.39. The summed E-state index contributed by atoms with van der Waals surface area (Å²) in [6, 6.07) is 0.570. The van der Waals surface area contributed by atoms with Gasteiger partial charge in [0.1, 0.15) is 0 Å². The third-order valence-electron chi connectivity index (χ3n) is 3.87. The van der Waals surface area contributed by atoms with Gasteiger partial charge < -0.3 is 4.90 Å². The second-order valence-electron chi connectivity index (χ2n) is 5.29. The van der Waals surface area contributed by atoms with E-state index in [9.17, 15) is 4.79 Å². The standard InChI is InChI=1S/C13H24N2O/c1-4-6-10-8-11(10)15-12(7-5-2)14-9(3)13(15)16/h9-12,14H,4-8H2,1-3H3. The number of hydrogen-bond donors (Lipinski definition) is 1. The van der Waals surface area contributed by atoms with E-state index in [0.29, 0.717) is 18.1 Å². The smallest absolute Gasteiger partial charge is 0.240 e. The van der Waals surface area contributed by atoms with E-state index in [4.69, 9.17) is 0 Å². The molecule has 92 valence electrons. The van der Waals surface area contributed by atoms with Crippen LogP contribution in [0.3, 0.4) is 0 Å². The van der Waals surface area contributed by atoms with Gasteiger partial charge in [-0.3, -0.25) is 10.1 Å². The number of carbonyl (C=O) groups excluding carboxylic acids is 1. The van der Waals surface area contributed by atoms with Crippen molar-refractivity contribution in [2.75, 3.05) is 0 Å². The highest BCUT2D eigenvalue weighted by Crippen LogP contribution is 2.42. The molecule has 0 aromatic rings. The van der Waals surface area contributed by atoms with Crippen LogP contribution in [0.2, 0.25) is 0 Å². The first-order valence-electron chi connectivity index (χ1n) is 6.77. The molecule has 0 aromatic heterocycles. The first-order chi connectivity index (χ1) is 7.69. The van der Waals surface area contributed by atoms with Crippen LogP contribution in [0.1, 0.15) is 52.9 Å². The van der Waals surface area contributed by atoms with Crippen molar-refractivity contribution in [3.63, 3.8) is 0 Å². The highest BCUT2D eigenvalue weighted by atomic mass is 16.2. The first kappa shape index (κ1) is 11.9. The number of nitrogens with one attached hydrogen (secondary N) is 1. The summed E-state index contributed by atoms with van der Waals surface area (Å²) in [5, 5.41) is 3.41. The fraction of sp³-hybridized carbons (Fsp3) is 0.923. The predicted octanol–water partition coefficient (Wildman–Crippen LogP) is 2.12. The van der Waals surface area contributed by atoms with Crippen LogP contribution in [0.25, 0.3) is 0 Å². The van der Waals surface area contributed by atoms with Crippen molar-refractivity contribution in [3.8, 4) is 0 Å². The van der Waals surface area contributed by atoms with Crippen molar-refractivity contribution in [1.29, 1.82) is 0 Å². The molecule has 1 aliphatic heterocycles. The SMILES string of the molecule is CCCC1CC1N1C(=O)C(C)NC1CCC. The number of amides is 1. The van der Waals surface area contributed by atoms with Gasteiger partial charge in [0, 0.05) is 6.04 Å². The van der Waals surface area contributed by atoms with Crippen molar-refractivity contribution in [2.24, 2.45) is 5.92 Å². The molecule has 1 aliphatic carbocycles. The lowest BCUT2D eigenvalue weighted by Gasteiger charge is -2.24. The second-order valence-corrected chi connectivity index (χ2v) is 5.29. The van der Waals surface area contributed by atoms with E-state index in [0.717, 1.165) is 18.8 Å². The summed E-state index contributed by atoms with van der Waals surface area (Å²) in [4.78, 5) is 14.2.